The molecule has 1 unspecified atom stereocenters. The number of methoxy groups -OCH3 is 2. The Bertz CT molecular complexity index is 379. The first-order chi connectivity index (χ1) is 8.74. The van der Waals surface area contributed by atoms with E-state index in [9.17, 15) is 4.79 Å². The average molecular weight is 251 g/mol. The van der Waals surface area contributed by atoms with Gasteiger partial charge in [-0.3, -0.25) is 5.32 Å². The molecule has 1 rings (SSSR count). The molecule has 0 fully saturated rings. The first-order valence-electron chi connectivity index (χ1n) is 6.12. The zero-order chi connectivity index (χ0) is 13.4. The van der Waals surface area contributed by atoms with Crippen molar-refractivity contribution in [2.24, 2.45) is 0 Å². The van der Waals surface area contributed by atoms with E-state index in [0.29, 0.717) is 13.2 Å². The van der Waals surface area contributed by atoms with Gasteiger partial charge in [0.05, 0.1) is 13.7 Å². The summed E-state index contributed by atoms with van der Waals surface area (Å²) in [6.07, 6.45) is 0.885. The number of esters is 1. The molecule has 0 bridgehead atoms. The van der Waals surface area contributed by atoms with Crippen molar-refractivity contribution in [3.8, 4) is 0 Å². The van der Waals surface area contributed by atoms with Crippen LogP contribution in [-0.4, -0.2) is 33.3 Å². The van der Waals surface area contributed by atoms with Gasteiger partial charge in [-0.2, -0.15) is 0 Å². The number of nitrogens with one attached hydrogen (secondary N) is 1. The highest BCUT2D eigenvalue weighted by Crippen LogP contribution is 2.19. The lowest BCUT2D eigenvalue weighted by atomic mass is 9.98. The van der Waals surface area contributed by atoms with Gasteiger partial charge < -0.3 is 9.47 Å². The van der Waals surface area contributed by atoms with Gasteiger partial charge in [0.25, 0.3) is 0 Å². The fourth-order valence-corrected chi connectivity index (χ4v) is 1.88. The van der Waals surface area contributed by atoms with Crippen LogP contribution in [0.3, 0.4) is 0 Å². The standard InChI is InChI=1S/C14H21NO3/c1-4-11-7-5-6-8-12(11)13(14(16)18-3)15-9-10-17-2/h5-8,13,15H,4,9-10H2,1-3H3. The normalized spacial score (nSPS) is 12.2. The van der Waals surface area contributed by atoms with Crippen LogP contribution in [0.4, 0.5) is 0 Å². The van der Waals surface area contributed by atoms with Crippen LogP contribution in [0.25, 0.3) is 0 Å². The molecule has 0 aliphatic carbocycles. The molecule has 0 spiro atoms. The fraction of sp³-hybridized carbons (Fsp3) is 0.500. The fourth-order valence-electron chi connectivity index (χ4n) is 1.88. The maximum atomic E-state index is 11.8. The van der Waals surface area contributed by atoms with Crippen molar-refractivity contribution in [3.05, 3.63) is 35.4 Å². The molecule has 0 aliphatic rings. The Morgan fingerprint density at radius 3 is 2.67 bits per heavy atom. The summed E-state index contributed by atoms with van der Waals surface area (Å²) in [5, 5.41) is 3.16. The maximum absolute atomic E-state index is 11.8. The Balaban J connectivity index is 2.90. The van der Waals surface area contributed by atoms with Gasteiger partial charge in [0.2, 0.25) is 0 Å². The van der Waals surface area contributed by atoms with Crippen molar-refractivity contribution in [3.63, 3.8) is 0 Å². The molecule has 4 nitrogen and oxygen atoms in total. The molecule has 1 N–H and O–H groups in total. The van der Waals surface area contributed by atoms with Crippen LogP contribution >= 0.6 is 0 Å². The zero-order valence-electron chi connectivity index (χ0n) is 11.2. The third-order valence-corrected chi connectivity index (χ3v) is 2.84. The highest BCUT2D eigenvalue weighted by atomic mass is 16.5. The third-order valence-electron chi connectivity index (χ3n) is 2.84. The van der Waals surface area contributed by atoms with Crippen LogP contribution in [0.15, 0.2) is 24.3 Å². The predicted molar refractivity (Wildman–Crippen MR) is 70.5 cm³/mol. The molecule has 100 valence electrons. The van der Waals surface area contributed by atoms with E-state index in [2.05, 4.69) is 12.2 Å². The Hall–Kier alpha value is -1.39. The number of hydrogen-bond donors (Lipinski definition) is 1. The monoisotopic (exact) mass is 251 g/mol. The van der Waals surface area contributed by atoms with Crippen LogP contribution in [0, 0.1) is 0 Å². The molecule has 1 aromatic carbocycles. The molecule has 0 aliphatic heterocycles. The van der Waals surface area contributed by atoms with E-state index in [4.69, 9.17) is 9.47 Å². The summed E-state index contributed by atoms with van der Waals surface area (Å²) in [6.45, 7) is 3.23. The van der Waals surface area contributed by atoms with Crippen molar-refractivity contribution in [2.45, 2.75) is 19.4 Å². The highest BCUT2D eigenvalue weighted by Gasteiger charge is 2.22. The van der Waals surface area contributed by atoms with Gasteiger partial charge >= 0.3 is 5.97 Å². The number of carbonyl (C=O) groups excluding carboxylic acids is 1. The second-order valence-electron chi connectivity index (χ2n) is 3.96. The maximum Gasteiger partial charge on any atom is 0.327 e. The summed E-state index contributed by atoms with van der Waals surface area (Å²) in [7, 11) is 3.04. The van der Waals surface area contributed by atoms with Gasteiger partial charge in [0.15, 0.2) is 0 Å². The van der Waals surface area contributed by atoms with E-state index in [0.717, 1.165) is 17.5 Å². The predicted octanol–water partition coefficient (Wildman–Crippen LogP) is 1.70. The lowest BCUT2D eigenvalue weighted by molar-refractivity contribution is -0.143. The van der Waals surface area contributed by atoms with Gasteiger partial charge in [-0.05, 0) is 17.5 Å². The summed E-state index contributed by atoms with van der Waals surface area (Å²) < 4.78 is 9.84. The minimum Gasteiger partial charge on any atom is -0.468 e. The van der Waals surface area contributed by atoms with Crippen LogP contribution in [0.1, 0.15) is 24.1 Å². The van der Waals surface area contributed by atoms with E-state index in [1.165, 1.54) is 7.11 Å². The summed E-state index contributed by atoms with van der Waals surface area (Å²) >= 11 is 0. The van der Waals surface area contributed by atoms with Crippen molar-refractivity contribution >= 4 is 5.97 Å². The summed E-state index contributed by atoms with van der Waals surface area (Å²) in [5.74, 6) is -0.271. The third kappa shape index (κ3) is 3.82. The van der Waals surface area contributed by atoms with Gasteiger partial charge in [-0.1, -0.05) is 31.2 Å². The second-order valence-corrected chi connectivity index (χ2v) is 3.96. The lowest BCUT2D eigenvalue weighted by Crippen LogP contribution is -2.32. The van der Waals surface area contributed by atoms with Crippen molar-refractivity contribution < 1.29 is 14.3 Å². The molecular weight excluding hydrogens is 230 g/mol. The molecule has 1 atom stereocenters. The van der Waals surface area contributed by atoms with E-state index >= 15 is 0 Å². The molecule has 0 saturated heterocycles. The summed E-state index contributed by atoms with van der Waals surface area (Å²) in [5.41, 5.74) is 2.13. The van der Waals surface area contributed by atoms with Gasteiger partial charge in [-0.25, -0.2) is 4.79 Å². The lowest BCUT2D eigenvalue weighted by Gasteiger charge is -2.19. The number of ether oxygens (including phenoxy) is 2. The zero-order valence-corrected chi connectivity index (χ0v) is 11.2. The molecule has 0 saturated carbocycles. The summed E-state index contributed by atoms with van der Waals surface area (Å²) in [4.78, 5) is 11.8. The van der Waals surface area contributed by atoms with Gasteiger partial charge in [0.1, 0.15) is 6.04 Å². The van der Waals surface area contributed by atoms with Crippen molar-refractivity contribution in [1.29, 1.82) is 0 Å². The topological polar surface area (TPSA) is 47.6 Å². The Kier molecular flexibility index (Phi) is 6.39. The molecule has 1 aromatic rings. The van der Waals surface area contributed by atoms with E-state index in [-0.39, 0.29) is 5.97 Å². The molecule has 0 aromatic heterocycles. The first-order valence-corrected chi connectivity index (χ1v) is 6.12. The highest BCUT2D eigenvalue weighted by molar-refractivity contribution is 5.78. The molecule has 18 heavy (non-hydrogen) atoms. The smallest absolute Gasteiger partial charge is 0.327 e. The first kappa shape index (κ1) is 14.7. The molecule has 0 radical (unpaired) electrons. The van der Waals surface area contributed by atoms with E-state index in [1.807, 2.05) is 24.3 Å². The Morgan fingerprint density at radius 1 is 1.33 bits per heavy atom. The van der Waals surface area contributed by atoms with Gasteiger partial charge in [0, 0.05) is 13.7 Å². The van der Waals surface area contributed by atoms with Crippen molar-refractivity contribution in [1.82, 2.24) is 5.32 Å². The van der Waals surface area contributed by atoms with Crippen LogP contribution < -0.4 is 5.32 Å². The van der Waals surface area contributed by atoms with Gasteiger partial charge in [-0.15, -0.1) is 0 Å². The largest absolute Gasteiger partial charge is 0.468 e. The SMILES string of the molecule is CCc1ccccc1C(NCCOC)C(=O)OC. The number of rotatable bonds is 7. The number of carbonyl (C=O) groups is 1. The molecule has 4 heteroatoms. The van der Waals surface area contributed by atoms with E-state index < -0.39 is 6.04 Å². The number of benzene rings is 1. The van der Waals surface area contributed by atoms with E-state index in [1.54, 1.807) is 7.11 Å². The molecule has 0 amide bonds. The quantitative estimate of drug-likeness (QED) is 0.592. The summed E-state index contributed by atoms with van der Waals surface area (Å²) in [6, 6.07) is 7.47. The second kappa shape index (κ2) is 7.84. The average Bonchev–Trinajstić information content (AvgIpc) is 2.43. The van der Waals surface area contributed by atoms with Crippen LogP contribution in [-0.2, 0) is 20.7 Å². The van der Waals surface area contributed by atoms with Crippen LogP contribution in [0.2, 0.25) is 0 Å². The minimum atomic E-state index is -0.429. The van der Waals surface area contributed by atoms with Crippen molar-refractivity contribution in [2.75, 3.05) is 27.4 Å². The number of aryl methyl sites for hydroxylation is 1. The molecule has 0 heterocycles. The molecular formula is C14H21NO3. The number of hydrogen-bond acceptors (Lipinski definition) is 4. The van der Waals surface area contributed by atoms with Crippen LogP contribution in [0.5, 0.6) is 0 Å². The Labute approximate surface area is 108 Å². The Morgan fingerprint density at radius 2 is 2.06 bits per heavy atom. The minimum absolute atomic E-state index is 0.271.